The number of aliphatic hydroxyl groups excluding tert-OH is 1. The summed E-state index contributed by atoms with van der Waals surface area (Å²) in [6.07, 6.45) is 0.318. The summed E-state index contributed by atoms with van der Waals surface area (Å²) >= 11 is 0. The van der Waals surface area contributed by atoms with Gasteiger partial charge in [0.25, 0.3) is 0 Å². The fourth-order valence-electron chi connectivity index (χ4n) is 3.29. The molecule has 28 heavy (non-hydrogen) atoms. The van der Waals surface area contributed by atoms with Crippen molar-refractivity contribution in [3.05, 3.63) is 60.2 Å². The number of nitrogens with zero attached hydrogens (tertiary/aromatic N) is 2. The van der Waals surface area contributed by atoms with E-state index in [9.17, 15) is 13.5 Å². The minimum Gasteiger partial charge on any atom is -0.491 e. The number of hydrogen-bond acceptors (Lipinski definition) is 5. The van der Waals surface area contributed by atoms with Crippen LogP contribution in [-0.4, -0.2) is 68.2 Å². The zero-order valence-corrected chi connectivity index (χ0v) is 17.0. The second kappa shape index (κ2) is 9.52. The molecule has 0 aromatic heterocycles. The number of aryl methyl sites for hydroxylation is 1. The molecule has 1 N–H and O–H groups in total. The summed E-state index contributed by atoms with van der Waals surface area (Å²) in [5.41, 5.74) is 1.20. The molecule has 1 aliphatic rings. The fraction of sp³-hybridized carbons (Fsp3) is 0.429. The molecule has 6 nitrogen and oxygen atoms in total. The lowest BCUT2D eigenvalue weighted by Crippen LogP contribution is -2.50. The number of aliphatic hydroxyl groups is 1. The molecular formula is C21H28N2O4S. The highest BCUT2D eigenvalue weighted by Gasteiger charge is 2.28. The Hall–Kier alpha value is -1.93. The van der Waals surface area contributed by atoms with Gasteiger partial charge in [0.1, 0.15) is 18.5 Å². The molecule has 3 rings (SSSR count). The van der Waals surface area contributed by atoms with E-state index in [0.717, 1.165) is 12.2 Å². The van der Waals surface area contributed by atoms with E-state index in [1.54, 1.807) is 30.3 Å². The van der Waals surface area contributed by atoms with Crippen LogP contribution in [0.4, 0.5) is 0 Å². The molecule has 7 heteroatoms. The number of hydrogen-bond donors (Lipinski definition) is 1. The average Bonchev–Trinajstić information content (AvgIpc) is 2.73. The van der Waals surface area contributed by atoms with Gasteiger partial charge in [0.2, 0.25) is 10.0 Å². The molecule has 0 bridgehead atoms. The SMILES string of the molecule is CCc1cccc(OCC(O)CN2CCN(S(=O)(=O)c3ccccc3)CC2)c1. The Morgan fingerprint density at radius 2 is 1.75 bits per heavy atom. The van der Waals surface area contributed by atoms with Gasteiger partial charge in [-0.25, -0.2) is 8.42 Å². The minimum absolute atomic E-state index is 0.218. The largest absolute Gasteiger partial charge is 0.491 e. The van der Waals surface area contributed by atoms with Gasteiger partial charge in [-0.05, 0) is 36.2 Å². The van der Waals surface area contributed by atoms with Gasteiger partial charge in [0.15, 0.2) is 0 Å². The van der Waals surface area contributed by atoms with Crippen LogP contribution in [0.1, 0.15) is 12.5 Å². The van der Waals surface area contributed by atoms with Crippen LogP contribution in [0.5, 0.6) is 5.75 Å². The normalized spacial score (nSPS) is 17.4. The Labute approximate surface area is 167 Å². The molecule has 0 spiro atoms. The molecule has 2 aromatic carbocycles. The number of ether oxygens (including phenoxy) is 1. The van der Waals surface area contributed by atoms with E-state index in [2.05, 4.69) is 11.8 Å². The summed E-state index contributed by atoms with van der Waals surface area (Å²) in [6.45, 7) is 4.80. The Kier molecular flexibility index (Phi) is 7.07. The number of piperazine rings is 1. The van der Waals surface area contributed by atoms with Crippen LogP contribution in [0.2, 0.25) is 0 Å². The predicted octanol–water partition coefficient (Wildman–Crippen LogP) is 2.00. The lowest BCUT2D eigenvalue weighted by atomic mass is 10.2. The first kappa shape index (κ1) is 20.8. The van der Waals surface area contributed by atoms with E-state index in [1.807, 2.05) is 24.3 Å². The quantitative estimate of drug-likeness (QED) is 0.729. The van der Waals surface area contributed by atoms with E-state index in [-0.39, 0.29) is 6.61 Å². The number of benzene rings is 2. The standard InChI is InChI=1S/C21H28N2O4S/c1-2-18-7-6-8-20(15-18)27-17-19(24)16-22-11-13-23(14-12-22)28(25,26)21-9-4-3-5-10-21/h3-10,15,19,24H,2,11-14,16-17H2,1H3. The van der Waals surface area contributed by atoms with Gasteiger partial charge >= 0.3 is 0 Å². The molecule has 2 aromatic rings. The third-order valence-electron chi connectivity index (χ3n) is 4.93. The van der Waals surface area contributed by atoms with Crippen LogP contribution in [0, 0.1) is 0 Å². The van der Waals surface area contributed by atoms with Gasteiger partial charge in [0.05, 0.1) is 4.90 Å². The summed E-state index contributed by atoms with van der Waals surface area (Å²) in [6, 6.07) is 16.4. The minimum atomic E-state index is -3.45. The van der Waals surface area contributed by atoms with E-state index >= 15 is 0 Å². The molecule has 1 heterocycles. The number of β-amino-alcohol motifs (C(OH)–C–C–N with tert-alkyl or cyclic N) is 1. The highest BCUT2D eigenvalue weighted by atomic mass is 32.2. The zero-order valence-electron chi connectivity index (χ0n) is 16.2. The molecule has 0 amide bonds. The van der Waals surface area contributed by atoms with Crippen molar-refractivity contribution >= 4 is 10.0 Å². The smallest absolute Gasteiger partial charge is 0.243 e. The van der Waals surface area contributed by atoms with Crippen molar-refractivity contribution in [3.63, 3.8) is 0 Å². The monoisotopic (exact) mass is 404 g/mol. The summed E-state index contributed by atoms with van der Waals surface area (Å²) in [7, 11) is -3.45. The van der Waals surface area contributed by atoms with Crippen LogP contribution in [-0.2, 0) is 16.4 Å². The first-order chi connectivity index (χ1) is 13.5. The number of sulfonamides is 1. The molecule has 1 fully saturated rings. The van der Waals surface area contributed by atoms with E-state index in [1.165, 1.54) is 9.87 Å². The topological polar surface area (TPSA) is 70.1 Å². The predicted molar refractivity (Wildman–Crippen MR) is 109 cm³/mol. The van der Waals surface area contributed by atoms with Crippen LogP contribution in [0.15, 0.2) is 59.5 Å². The van der Waals surface area contributed by atoms with E-state index in [0.29, 0.717) is 37.6 Å². The van der Waals surface area contributed by atoms with Gasteiger partial charge in [-0.15, -0.1) is 0 Å². The second-order valence-electron chi connectivity index (χ2n) is 6.98. The Morgan fingerprint density at radius 3 is 2.43 bits per heavy atom. The fourth-order valence-corrected chi connectivity index (χ4v) is 4.74. The summed E-state index contributed by atoms with van der Waals surface area (Å²) < 4.78 is 32.5. The first-order valence-electron chi connectivity index (χ1n) is 9.66. The lowest BCUT2D eigenvalue weighted by Gasteiger charge is -2.34. The Morgan fingerprint density at radius 1 is 1.04 bits per heavy atom. The van der Waals surface area contributed by atoms with Gasteiger partial charge in [-0.3, -0.25) is 4.90 Å². The summed E-state index contributed by atoms with van der Waals surface area (Å²) in [4.78, 5) is 2.40. The van der Waals surface area contributed by atoms with E-state index in [4.69, 9.17) is 4.74 Å². The summed E-state index contributed by atoms with van der Waals surface area (Å²) in [5, 5.41) is 10.3. The highest BCUT2D eigenvalue weighted by Crippen LogP contribution is 2.18. The summed E-state index contributed by atoms with van der Waals surface area (Å²) in [5.74, 6) is 0.761. The third-order valence-corrected chi connectivity index (χ3v) is 6.84. The third kappa shape index (κ3) is 5.32. The van der Waals surface area contributed by atoms with Crippen LogP contribution in [0.25, 0.3) is 0 Å². The second-order valence-corrected chi connectivity index (χ2v) is 8.92. The van der Waals surface area contributed by atoms with Crippen molar-refractivity contribution in [2.75, 3.05) is 39.3 Å². The van der Waals surface area contributed by atoms with Crippen molar-refractivity contribution in [1.29, 1.82) is 0 Å². The van der Waals surface area contributed by atoms with Gasteiger partial charge in [-0.2, -0.15) is 4.31 Å². The Bertz CT molecular complexity index is 850. The molecule has 0 saturated carbocycles. The number of rotatable bonds is 8. The maximum atomic E-state index is 12.7. The van der Waals surface area contributed by atoms with Crippen molar-refractivity contribution in [2.24, 2.45) is 0 Å². The van der Waals surface area contributed by atoms with Gasteiger partial charge in [-0.1, -0.05) is 37.3 Å². The molecule has 1 unspecified atom stereocenters. The molecule has 152 valence electrons. The maximum absolute atomic E-state index is 12.7. The Balaban J connectivity index is 1.46. The lowest BCUT2D eigenvalue weighted by molar-refractivity contribution is 0.0569. The molecule has 0 radical (unpaired) electrons. The maximum Gasteiger partial charge on any atom is 0.243 e. The molecule has 1 saturated heterocycles. The van der Waals surface area contributed by atoms with Gasteiger partial charge in [0, 0.05) is 32.7 Å². The van der Waals surface area contributed by atoms with Crippen LogP contribution >= 0.6 is 0 Å². The first-order valence-corrected chi connectivity index (χ1v) is 11.1. The van der Waals surface area contributed by atoms with E-state index < -0.39 is 16.1 Å². The van der Waals surface area contributed by atoms with Crippen LogP contribution in [0.3, 0.4) is 0 Å². The van der Waals surface area contributed by atoms with Crippen molar-refractivity contribution < 1.29 is 18.3 Å². The molecule has 0 aliphatic carbocycles. The average molecular weight is 405 g/mol. The molecule has 1 atom stereocenters. The molecule has 1 aliphatic heterocycles. The van der Waals surface area contributed by atoms with Crippen molar-refractivity contribution in [1.82, 2.24) is 9.21 Å². The van der Waals surface area contributed by atoms with Crippen molar-refractivity contribution in [3.8, 4) is 5.75 Å². The van der Waals surface area contributed by atoms with Crippen molar-refractivity contribution in [2.45, 2.75) is 24.3 Å². The highest BCUT2D eigenvalue weighted by molar-refractivity contribution is 7.89. The van der Waals surface area contributed by atoms with Gasteiger partial charge < -0.3 is 9.84 Å². The van der Waals surface area contributed by atoms with Crippen LogP contribution < -0.4 is 4.74 Å². The molecular weight excluding hydrogens is 376 g/mol. The zero-order chi connectivity index (χ0) is 20.0.